The number of halogens is 1. The van der Waals surface area contributed by atoms with Crippen molar-refractivity contribution in [2.24, 2.45) is 0 Å². The fourth-order valence-electron chi connectivity index (χ4n) is 2.46. The summed E-state index contributed by atoms with van der Waals surface area (Å²) < 4.78 is 5.38. The van der Waals surface area contributed by atoms with Gasteiger partial charge in [-0.25, -0.2) is 0 Å². The molecule has 1 N–H and O–H groups in total. The van der Waals surface area contributed by atoms with Crippen molar-refractivity contribution in [2.75, 3.05) is 11.9 Å². The highest BCUT2D eigenvalue weighted by atomic mass is 79.9. The number of carbonyl (C=O) groups excluding carboxylic acids is 1. The van der Waals surface area contributed by atoms with Crippen LogP contribution in [0.4, 0.5) is 5.69 Å². The summed E-state index contributed by atoms with van der Waals surface area (Å²) >= 11 is 3.74. The smallest absolute Gasteiger partial charge is 0.262 e. The first-order chi connectivity index (χ1) is 10.1. The molecule has 1 unspecified atom stereocenters. The Hall–Kier alpha value is -1.81. The molecule has 108 valence electrons. The van der Waals surface area contributed by atoms with Gasteiger partial charge in [-0.05, 0) is 36.6 Å². The van der Waals surface area contributed by atoms with Crippen molar-refractivity contribution in [3.05, 3.63) is 59.2 Å². The van der Waals surface area contributed by atoms with Gasteiger partial charge in [0.1, 0.15) is 5.75 Å². The van der Waals surface area contributed by atoms with Gasteiger partial charge >= 0.3 is 0 Å². The van der Waals surface area contributed by atoms with Crippen molar-refractivity contribution in [1.29, 1.82) is 0 Å². The molecule has 0 bridgehead atoms. The van der Waals surface area contributed by atoms with Gasteiger partial charge in [-0.2, -0.15) is 0 Å². The highest BCUT2D eigenvalue weighted by Gasteiger charge is 2.18. The van der Waals surface area contributed by atoms with E-state index in [0.717, 1.165) is 23.4 Å². The minimum atomic E-state index is -0.107. The van der Waals surface area contributed by atoms with Crippen LogP contribution in [0.2, 0.25) is 0 Å². The molecule has 0 saturated carbocycles. The SMILES string of the molecule is Cc1cccc(CC(Br)c2ccc3c(c2)NC(=O)CO3)c1. The van der Waals surface area contributed by atoms with Crippen LogP contribution in [0.1, 0.15) is 21.5 Å². The van der Waals surface area contributed by atoms with Crippen LogP contribution in [0.15, 0.2) is 42.5 Å². The number of hydrogen-bond donors (Lipinski definition) is 1. The fraction of sp³-hybridized carbons (Fsp3) is 0.235. The average molecular weight is 346 g/mol. The molecular formula is C17H16BrNO2. The molecule has 0 saturated heterocycles. The molecule has 0 aliphatic carbocycles. The minimum absolute atomic E-state index is 0.0907. The number of nitrogens with one attached hydrogen (secondary N) is 1. The quantitative estimate of drug-likeness (QED) is 0.853. The molecular weight excluding hydrogens is 330 g/mol. The van der Waals surface area contributed by atoms with Crippen LogP contribution >= 0.6 is 15.9 Å². The largest absolute Gasteiger partial charge is 0.482 e. The second kappa shape index (κ2) is 5.90. The number of ether oxygens (including phenoxy) is 1. The molecule has 3 rings (SSSR count). The van der Waals surface area contributed by atoms with Gasteiger partial charge in [0, 0.05) is 4.83 Å². The number of fused-ring (bicyclic) bond motifs is 1. The third-order valence-electron chi connectivity index (χ3n) is 3.50. The van der Waals surface area contributed by atoms with Crippen LogP contribution in [0.3, 0.4) is 0 Å². The lowest BCUT2D eigenvalue weighted by atomic mass is 10.0. The van der Waals surface area contributed by atoms with Gasteiger partial charge in [-0.15, -0.1) is 0 Å². The van der Waals surface area contributed by atoms with E-state index in [1.54, 1.807) is 0 Å². The molecule has 1 atom stereocenters. The van der Waals surface area contributed by atoms with Gasteiger partial charge in [0.25, 0.3) is 5.91 Å². The zero-order chi connectivity index (χ0) is 14.8. The number of benzene rings is 2. The number of alkyl halides is 1. The molecule has 1 amide bonds. The summed E-state index contributed by atoms with van der Waals surface area (Å²) in [6.45, 7) is 2.19. The Morgan fingerprint density at radius 3 is 2.95 bits per heavy atom. The fourth-order valence-corrected chi connectivity index (χ4v) is 3.12. The molecule has 1 aliphatic rings. The Labute approximate surface area is 132 Å². The van der Waals surface area contributed by atoms with Gasteiger partial charge in [-0.3, -0.25) is 4.79 Å². The number of rotatable bonds is 3. The summed E-state index contributed by atoms with van der Waals surface area (Å²) in [5.74, 6) is 0.623. The monoisotopic (exact) mass is 345 g/mol. The molecule has 0 spiro atoms. The second-order valence-electron chi connectivity index (χ2n) is 5.25. The van der Waals surface area contributed by atoms with E-state index in [9.17, 15) is 4.79 Å². The first-order valence-electron chi connectivity index (χ1n) is 6.88. The summed E-state index contributed by atoms with van der Waals surface area (Å²) in [5, 5.41) is 2.84. The topological polar surface area (TPSA) is 38.3 Å². The molecule has 2 aromatic rings. The maximum Gasteiger partial charge on any atom is 0.262 e. The Kier molecular flexibility index (Phi) is 3.97. The van der Waals surface area contributed by atoms with Crippen molar-refractivity contribution in [1.82, 2.24) is 0 Å². The standard InChI is InChI=1S/C17H16BrNO2/c1-11-3-2-4-12(7-11)8-14(18)13-5-6-16-15(9-13)19-17(20)10-21-16/h2-7,9,14H,8,10H2,1H3,(H,19,20). The van der Waals surface area contributed by atoms with Crippen LogP contribution in [0.5, 0.6) is 5.75 Å². The molecule has 1 heterocycles. The molecule has 21 heavy (non-hydrogen) atoms. The summed E-state index contributed by atoms with van der Waals surface area (Å²) in [4.78, 5) is 11.6. The van der Waals surface area contributed by atoms with Crippen LogP contribution in [0, 0.1) is 6.92 Å². The lowest BCUT2D eigenvalue weighted by Crippen LogP contribution is -2.25. The Morgan fingerprint density at radius 2 is 2.14 bits per heavy atom. The lowest BCUT2D eigenvalue weighted by molar-refractivity contribution is -0.118. The van der Waals surface area contributed by atoms with Gasteiger partial charge in [0.05, 0.1) is 5.69 Å². The molecule has 2 aromatic carbocycles. The highest BCUT2D eigenvalue weighted by Crippen LogP contribution is 2.34. The number of anilines is 1. The molecule has 1 aliphatic heterocycles. The van der Waals surface area contributed by atoms with E-state index in [1.165, 1.54) is 11.1 Å². The molecule has 3 nitrogen and oxygen atoms in total. The van der Waals surface area contributed by atoms with Crippen LogP contribution in [-0.2, 0) is 11.2 Å². The number of aryl methyl sites for hydroxylation is 1. The average Bonchev–Trinajstić information content (AvgIpc) is 2.46. The second-order valence-corrected chi connectivity index (χ2v) is 6.36. The predicted octanol–water partition coefficient (Wildman–Crippen LogP) is 4.00. The van der Waals surface area contributed by atoms with E-state index in [4.69, 9.17) is 4.74 Å². The van der Waals surface area contributed by atoms with E-state index in [1.807, 2.05) is 18.2 Å². The van der Waals surface area contributed by atoms with Crippen molar-refractivity contribution >= 4 is 27.5 Å². The Balaban J connectivity index is 1.80. The maximum absolute atomic E-state index is 11.4. The first-order valence-corrected chi connectivity index (χ1v) is 7.79. The zero-order valence-electron chi connectivity index (χ0n) is 11.7. The van der Waals surface area contributed by atoms with E-state index >= 15 is 0 Å². The van der Waals surface area contributed by atoms with E-state index < -0.39 is 0 Å². The molecule has 0 aromatic heterocycles. The molecule has 0 fully saturated rings. The Bertz CT molecular complexity index is 684. The zero-order valence-corrected chi connectivity index (χ0v) is 13.3. The summed E-state index contributed by atoms with van der Waals surface area (Å²) in [5.41, 5.74) is 4.42. The van der Waals surface area contributed by atoms with Crippen molar-refractivity contribution in [3.8, 4) is 5.75 Å². The number of amides is 1. The number of carbonyl (C=O) groups is 1. The van der Waals surface area contributed by atoms with Crippen molar-refractivity contribution in [3.63, 3.8) is 0 Å². The summed E-state index contributed by atoms with van der Waals surface area (Å²) in [6, 6.07) is 14.4. The Morgan fingerprint density at radius 1 is 1.29 bits per heavy atom. The van der Waals surface area contributed by atoms with E-state index in [2.05, 4.69) is 52.4 Å². The van der Waals surface area contributed by atoms with E-state index in [0.29, 0.717) is 0 Å². The maximum atomic E-state index is 11.4. The summed E-state index contributed by atoms with van der Waals surface area (Å²) in [7, 11) is 0. The number of hydrogen-bond acceptors (Lipinski definition) is 2. The normalized spacial score (nSPS) is 14.9. The predicted molar refractivity (Wildman–Crippen MR) is 87.1 cm³/mol. The van der Waals surface area contributed by atoms with Crippen LogP contribution < -0.4 is 10.1 Å². The van der Waals surface area contributed by atoms with Crippen LogP contribution in [0.25, 0.3) is 0 Å². The first kappa shape index (κ1) is 14.1. The van der Waals surface area contributed by atoms with E-state index in [-0.39, 0.29) is 17.3 Å². The third kappa shape index (κ3) is 3.27. The third-order valence-corrected chi connectivity index (χ3v) is 4.35. The molecule has 0 radical (unpaired) electrons. The minimum Gasteiger partial charge on any atom is -0.482 e. The van der Waals surface area contributed by atoms with Crippen molar-refractivity contribution in [2.45, 2.75) is 18.2 Å². The lowest BCUT2D eigenvalue weighted by Gasteiger charge is -2.20. The van der Waals surface area contributed by atoms with Crippen LogP contribution in [-0.4, -0.2) is 12.5 Å². The van der Waals surface area contributed by atoms with Gasteiger partial charge in [-0.1, -0.05) is 51.8 Å². The van der Waals surface area contributed by atoms with Gasteiger partial charge in [0.15, 0.2) is 6.61 Å². The van der Waals surface area contributed by atoms with Gasteiger partial charge in [0.2, 0.25) is 0 Å². The summed E-state index contributed by atoms with van der Waals surface area (Å²) in [6.07, 6.45) is 0.898. The van der Waals surface area contributed by atoms with Crippen molar-refractivity contribution < 1.29 is 9.53 Å². The molecule has 4 heteroatoms. The van der Waals surface area contributed by atoms with Gasteiger partial charge < -0.3 is 10.1 Å². The highest BCUT2D eigenvalue weighted by molar-refractivity contribution is 9.09.